The summed E-state index contributed by atoms with van der Waals surface area (Å²) in [5.74, 6) is 1.32. The number of carbonyl (C=O) groups excluding carboxylic acids is 1. The van der Waals surface area contributed by atoms with Gasteiger partial charge in [-0.1, -0.05) is 6.42 Å². The Labute approximate surface area is 114 Å². The Hall–Kier alpha value is -1.06. The third-order valence-electron chi connectivity index (χ3n) is 5.44. The summed E-state index contributed by atoms with van der Waals surface area (Å²) in [4.78, 5) is 25.2. The third kappa shape index (κ3) is 2.63. The second-order valence-corrected chi connectivity index (χ2v) is 6.66. The molecule has 2 aliphatic carbocycles. The lowest BCUT2D eigenvalue weighted by Gasteiger charge is -2.32. The fourth-order valence-electron chi connectivity index (χ4n) is 4.39. The van der Waals surface area contributed by atoms with Crippen LogP contribution in [0.3, 0.4) is 0 Å². The van der Waals surface area contributed by atoms with E-state index in [9.17, 15) is 9.59 Å². The van der Waals surface area contributed by atoms with Gasteiger partial charge in [0.05, 0.1) is 5.92 Å². The van der Waals surface area contributed by atoms with Gasteiger partial charge in [-0.3, -0.25) is 9.59 Å². The topological polar surface area (TPSA) is 57.6 Å². The van der Waals surface area contributed by atoms with Crippen LogP contribution in [0.15, 0.2) is 0 Å². The van der Waals surface area contributed by atoms with E-state index in [1.807, 2.05) is 0 Å². The molecule has 3 aliphatic rings. The van der Waals surface area contributed by atoms with Crippen molar-refractivity contribution in [2.45, 2.75) is 44.9 Å². The number of carboxylic acids is 1. The van der Waals surface area contributed by atoms with E-state index in [2.05, 4.69) is 0 Å². The van der Waals surface area contributed by atoms with Gasteiger partial charge in [-0.05, 0) is 49.9 Å². The molecule has 4 atom stereocenters. The van der Waals surface area contributed by atoms with Crippen LogP contribution >= 0.6 is 0 Å². The maximum Gasteiger partial charge on any atom is 0.308 e. The summed E-state index contributed by atoms with van der Waals surface area (Å²) in [6, 6.07) is 0. The third-order valence-corrected chi connectivity index (χ3v) is 5.44. The van der Waals surface area contributed by atoms with Gasteiger partial charge >= 0.3 is 5.97 Å². The number of carbonyl (C=O) groups is 2. The summed E-state index contributed by atoms with van der Waals surface area (Å²) in [7, 11) is 0. The molecule has 19 heavy (non-hydrogen) atoms. The van der Waals surface area contributed by atoms with Crippen LogP contribution in [0.4, 0.5) is 0 Å². The molecule has 1 amide bonds. The Balaban J connectivity index is 1.54. The summed E-state index contributed by atoms with van der Waals surface area (Å²) in [6.45, 7) is 1.18. The van der Waals surface area contributed by atoms with Crippen molar-refractivity contribution in [3.05, 3.63) is 0 Å². The molecule has 2 saturated carbocycles. The zero-order valence-corrected chi connectivity index (χ0v) is 11.4. The zero-order chi connectivity index (χ0) is 13.4. The van der Waals surface area contributed by atoms with Crippen molar-refractivity contribution in [2.24, 2.45) is 23.7 Å². The van der Waals surface area contributed by atoms with Crippen LogP contribution in [0, 0.1) is 23.7 Å². The van der Waals surface area contributed by atoms with Crippen LogP contribution in [-0.2, 0) is 9.59 Å². The van der Waals surface area contributed by atoms with Crippen molar-refractivity contribution in [3.63, 3.8) is 0 Å². The fourth-order valence-corrected chi connectivity index (χ4v) is 4.39. The van der Waals surface area contributed by atoms with E-state index >= 15 is 0 Å². The van der Waals surface area contributed by atoms with Gasteiger partial charge in [0.15, 0.2) is 0 Å². The summed E-state index contributed by atoms with van der Waals surface area (Å²) in [5, 5.41) is 9.07. The van der Waals surface area contributed by atoms with Gasteiger partial charge in [-0.2, -0.15) is 0 Å². The van der Waals surface area contributed by atoms with Crippen molar-refractivity contribution in [3.8, 4) is 0 Å². The number of carboxylic acid groups (broad SMARTS) is 1. The average Bonchev–Trinajstić information content (AvgIpc) is 3.01. The Morgan fingerprint density at radius 2 is 2.00 bits per heavy atom. The number of fused-ring (bicyclic) bond motifs is 2. The molecule has 1 aliphatic heterocycles. The van der Waals surface area contributed by atoms with E-state index in [-0.39, 0.29) is 11.8 Å². The first-order valence-electron chi connectivity index (χ1n) is 7.64. The van der Waals surface area contributed by atoms with Crippen LogP contribution in [-0.4, -0.2) is 35.0 Å². The minimum Gasteiger partial charge on any atom is -0.481 e. The second-order valence-electron chi connectivity index (χ2n) is 6.66. The van der Waals surface area contributed by atoms with Gasteiger partial charge in [0.25, 0.3) is 0 Å². The number of rotatable bonds is 3. The smallest absolute Gasteiger partial charge is 0.308 e. The predicted molar refractivity (Wildman–Crippen MR) is 70.5 cm³/mol. The van der Waals surface area contributed by atoms with E-state index < -0.39 is 5.97 Å². The molecule has 2 bridgehead atoms. The largest absolute Gasteiger partial charge is 0.481 e. The number of nitrogens with zero attached hydrogens (tertiary/aromatic N) is 1. The van der Waals surface area contributed by atoms with Crippen LogP contribution in [0.1, 0.15) is 44.9 Å². The molecule has 0 aromatic rings. The lowest BCUT2D eigenvalue weighted by Crippen LogP contribution is -2.43. The minimum absolute atomic E-state index is 0.198. The lowest BCUT2D eigenvalue weighted by molar-refractivity contribution is -0.146. The van der Waals surface area contributed by atoms with Crippen molar-refractivity contribution >= 4 is 11.9 Å². The van der Waals surface area contributed by atoms with Crippen molar-refractivity contribution in [2.75, 3.05) is 13.1 Å². The normalized spacial score (nSPS) is 37.6. The molecule has 3 rings (SSSR count). The molecule has 0 radical (unpaired) electrons. The first-order valence-corrected chi connectivity index (χ1v) is 7.64. The van der Waals surface area contributed by atoms with Crippen LogP contribution in [0.2, 0.25) is 0 Å². The monoisotopic (exact) mass is 265 g/mol. The van der Waals surface area contributed by atoms with Crippen LogP contribution in [0.25, 0.3) is 0 Å². The molecule has 4 nitrogen and oxygen atoms in total. The maximum absolute atomic E-state index is 12.3. The van der Waals surface area contributed by atoms with Gasteiger partial charge in [0.1, 0.15) is 0 Å². The SMILES string of the molecule is O=C(O)C1CCCN(C(=O)CC2CC3CCC2C3)C1. The van der Waals surface area contributed by atoms with E-state index in [0.717, 1.165) is 24.8 Å². The number of hydrogen-bond donors (Lipinski definition) is 1. The first kappa shape index (κ1) is 12.9. The highest BCUT2D eigenvalue weighted by molar-refractivity contribution is 5.78. The van der Waals surface area contributed by atoms with Crippen molar-refractivity contribution < 1.29 is 14.7 Å². The number of hydrogen-bond acceptors (Lipinski definition) is 2. The highest BCUT2D eigenvalue weighted by Crippen LogP contribution is 2.49. The molecule has 4 unspecified atom stereocenters. The van der Waals surface area contributed by atoms with E-state index in [0.29, 0.717) is 25.3 Å². The Bertz CT molecular complexity index is 382. The van der Waals surface area contributed by atoms with Crippen LogP contribution < -0.4 is 0 Å². The van der Waals surface area contributed by atoms with Gasteiger partial charge in [-0.25, -0.2) is 0 Å². The predicted octanol–water partition coefficient (Wildman–Crippen LogP) is 2.14. The van der Waals surface area contributed by atoms with Gasteiger partial charge in [0.2, 0.25) is 5.91 Å². The number of aliphatic carboxylic acids is 1. The van der Waals surface area contributed by atoms with E-state index in [4.69, 9.17) is 5.11 Å². The molecular weight excluding hydrogens is 242 g/mol. The highest BCUT2D eigenvalue weighted by Gasteiger charge is 2.41. The Morgan fingerprint density at radius 1 is 1.16 bits per heavy atom. The van der Waals surface area contributed by atoms with E-state index in [1.165, 1.54) is 25.7 Å². The fraction of sp³-hybridized carbons (Fsp3) is 0.867. The average molecular weight is 265 g/mol. The molecular formula is C15H23NO3. The highest BCUT2D eigenvalue weighted by atomic mass is 16.4. The second kappa shape index (κ2) is 5.14. The molecule has 1 N–H and O–H groups in total. The summed E-state index contributed by atoms with van der Waals surface area (Å²) < 4.78 is 0. The summed E-state index contributed by atoms with van der Waals surface area (Å²) in [6.07, 6.45) is 7.43. The maximum atomic E-state index is 12.3. The van der Waals surface area contributed by atoms with Crippen molar-refractivity contribution in [1.82, 2.24) is 4.90 Å². The molecule has 3 fully saturated rings. The number of piperidine rings is 1. The van der Waals surface area contributed by atoms with Crippen molar-refractivity contribution in [1.29, 1.82) is 0 Å². The Morgan fingerprint density at radius 3 is 2.63 bits per heavy atom. The van der Waals surface area contributed by atoms with Gasteiger partial charge < -0.3 is 10.0 Å². The molecule has 1 saturated heterocycles. The quantitative estimate of drug-likeness (QED) is 0.850. The van der Waals surface area contributed by atoms with Gasteiger partial charge in [-0.15, -0.1) is 0 Å². The standard InChI is InChI=1S/C15H23NO3/c17-14(8-13-7-10-3-4-11(13)6-10)16-5-1-2-12(9-16)15(18)19/h10-13H,1-9H2,(H,18,19). The summed E-state index contributed by atoms with van der Waals surface area (Å²) >= 11 is 0. The van der Waals surface area contributed by atoms with Gasteiger partial charge in [0, 0.05) is 19.5 Å². The summed E-state index contributed by atoms with van der Waals surface area (Å²) in [5.41, 5.74) is 0. The number of likely N-dealkylation sites (tertiary alicyclic amines) is 1. The molecule has 4 heteroatoms. The molecule has 106 valence electrons. The zero-order valence-electron chi connectivity index (χ0n) is 11.4. The molecule has 0 aromatic heterocycles. The Kier molecular flexibility index (Phi) is 3.50. The molecule has 0 aromatic carbocycles. The minimum atomic E-state index is -0.752. The lowest BCUT2D eigenvalue weighted by atomic mass is 9.86. The van der Waals surface area contributed by atoms with E-state index in [1.54, 1.807) is 4.90 Å². The first-order chi connectivity index (χ1) is 9.13. The number of amides is 1. The molecule has 1 heterocycles. The molecule has 0 spiro atoms. The van der Waals surface area contributed by atoms with Crippen LogP contribution in [0.5, 0.6) is 0 Å².